The Bertz CT molecular complexity index is 329. The number of benzene rings is 1. The van der Waals surface area contributed by atoms with Crippen molar-refractivity contribution in [2.45, 2.75) is 24.3 Å². The smallest absolute Gasteiger partial charge is 0.123 e. The highest BCUT2D eigenvalue weighted by atomic mass is 79.9. The van der Waals surface area contributed by atoms with E-state index >= 15 is 0 Å². The summed E-state index contributed by atoms with van der Waals surface area (Å²) in [6.45, 7) is 4.21. The molecule has 1 heterocycles. The SMILES string of the molecule is CC(Br)CN(C)CC1Cc2ccccc2O1. The average molecular weight is 284 g/mol. The summed E-state index contributed by atoms with van der Waals surface area (Å²) in [5.74, 6) is 1.06. The van der Waals surface area contributed by atoms with Gasteiger partial charge in [0.25, 0.3) is 0 Å². The van der Waals surface area contributed by atoms with E-state index in [4.69, 9.17) is 4.74 Å². The highest BCUT2D eigenvalue weighted by molar-refractivity contribution is 9.09. The van der Waals surface area contributed by atoms with Crippen molar-refractivity contribution in [2.24, 2.45) is 0 Å². The maximum atomic E-state index is 5.90. The summed E-state index contributed by atoms with van der Waals surface area (Å²) in [5.41, 5.74) is 1.34. The molecule has 0 aromatic heterocycles. The van der Waals surface area contributed by atoms with Crippen molar-refractivity contribution in [1.82, 2.24) is 4.90 Å². The number of hydrogen-bond acceptors (Lipinski definition) is 2. The summed E-state index contributed by atoms with van der Waals surface area (Å²) >= 11 is 3.57. The summed E-state index contributed by atoms with van der Waals surface area (Å²) in [6, 6.07) is 8.32. The van der Waals surface area contributed by atoms with Crippen molar-refractivity contribution in [2.75, 3.05) is 20.1 Å². The standard InChI is InChI=1S/C13H18BrNO/c1-10(14)8-15(2)9-12-7-11-5-3-4-6-13(11)16-12/h3-6,10,12H,7-9H2,1-2H3. The lowest BCUT2D eigenvalue weighted by molar-refractivity contribution is 0.170. The third-order valence-corrected chi connectivity index (χ3v) is 3.08. The van der Waals surface area contributed by atoms with Crippen LogP contribution in [-0.4, -0.2) is 36.0 Å². The number of rotatable bonds is 4. The van der Waals surface area contributed by atoms with Crippen LogP contribution < -0.4 is 4.74 Å². The largest absolute Gasteiger partial charge is 0.488 e. The Morgan fingerprint density at radius 2 is 2.25 bits per heavy atom. The summed E-state index contributed by atoms with van der Waals surface area (Å²) < 4.78 is 5.90. The molecule has 2 unspecified atom stereocenters. The molecule has 88 valence electrons. The second kappa shape index (κ2) is 5.19. The van der Waals surface area contributed by atoms with Crippen LogP contribution in [0.2, 0.25) is 0 Å². The lowest BCUT2D eigenvalue weighted by Crippen LogP contribution is -2.34. The van der Waals surface area contributed by atoms with Gasteiger partial charge in [0, 0.05) is 24.3 Å². The Morgan fingerprint density at radius 1 is 1.50 bits per heavy atom. The highest BCUT2D eigenvalue weighted by Gasteiger charge is 2.23. The molecule has 1 aromatic carbocycles. The van der Waals surface area contributed by atoms with E-state index in [0.29, 0.717) is 10.9 Å². The van der Waals surface area contributed by atoms with E-state index in [-0.39, 0.29) is 0 Å². The molecule has 1 aromatic rings. The van der Waals surface area contributed by atoms with Crippen molar-refractivity contribution in [1.29, 1.82) is 0 Å². The number of para-hydroxylation sites is 1. The van der Waals surface area contributed by atoms with Gasteiger partial charge in [0.05, 0.1) is 0 Å². The molecular formula is C13H18BrNO. The van der Waals surface area contributed by atoms with Gasteiger partial charge in [-0.05, 0) is 18.7 Å². The van der Waals surface area contributed by atoms with Gasteiger partial charge in [-0.2, -0.15) is 0 Å². The Kier molecular flexibility index (Phi) is 3.87. The molecule has 0 fully saturated rings. The maximum absolute atomic E-state index is 5.90. The third kappa shape index (κ3) is 2.98. The van der Waals surface area contributed by atoms with Crippen molar-refractivity contribution in [3.63, 3.8) is 0 Å². The first-order valence-electron chi connectivity index (χ1n) is 5.72. The maximum Gasteiger partial charge on any atom is 0.123 e. The fraction of sp³-hybridized carbons (Fsp3) is 0.538. The number of likely N-dealkylation sites (N-methyl/N-ethyl adjacent to an activating group) is 1. The van der Waals surface area contributed by atoms with E-state index in [1.54, 1.807) is 0 Å². The molecule has 0 saturated carbocycles. The van der Waals surface area contributed by atoms with Crippen molar-refractivity contribution < 1.29 is 4.74 Å². The molecule has 0 amide bonds. The van der Waals surface area contributed by atoms with Gasteiger partial charge < -0.3 is 9.64 Å². The fourth-order valence-corrected chi connectivity index (χ4v) is 2.70. The summed E-state index contributed by atoms with van der Waals surface area (Å²) in [7, 11) is 2.14. The van der Waals surface area contributed by atoms with Gasteiger partial charge in [0.2, 0.25) is 0 Å². The molecule has 0 radical (unpaired) electrons. The lowest BCUT2D eigenvalue weighted by atomic mass is 10.1. The monoisotopic (exact) mass is 283 g/mol. The van der Waals surface area contributed by atoms with Gasteiger partial charge in [-0.1, -0.05) is 41.1 Å². The minimum absolute atomic E-state index is 0.314. The van der Waals surface area contributed by atoms with Crippen LogP contribution in [0.25, 0.3) is 0 Å². The van der Waals surface area contributed by atoms with Gasteiger partial charge in [-0.3, -0.25) is 0 Å². The van der Waals surface area contributed by atoms with E-state index in [9.17, 15) is 0 Å². The van der Waals surface area contributed by atoms with Gasteiger partial charge >= 0.3 is 0 Å². The van der Waals surface area contributed by atoms with Gasteiger partial charge in [0.1, 0.15) is 11.9 Å². The molecule has 3 heteroatoms. The fourth-order valence-electron chi connectivity index (χ4n) is 2.21. The summed E-state index contributed by atoms with van der Waals surface area (Å²) in [6.07, 6.45) is 1.35. The zero-order valence-corrected chi connectivity index (χ0v) is 11.4. The van der Waals surface area contributed by atoms with E-state index in [2.05, 4.69) is 53.0 Å². The number of fused-ring (bicyclic) bond motifs is 1. The first-order valence-corrected chi connectivity index (χ1v) is 6.64. The minimum atomic E-state index is 0.314. The third-order valence-electron chi connectivity index (χ3n) is 2.79. The number of hydrogen-bond donors (Lipinski definition) is 0. The average Bonchev–Trinajstić information content (AvgIpc) is 2.57. The number of ether oxygens (including phenoxy) is 1. The highest BCUT2D eigenvalue weighted by Crippen LogP contribution is 2.28. The predicted molar refractivity (Wildman–Crippen MR) is 70.4 cm³/mol. The van der Waals surface area contributed by atoms with Crippen molar-refractivity contribution in [3.05, 3.63) is 29.8 Å². The van der Waals surface area contributed by atoms with Crippen LogP contribution in [0.4, 0.5) is 0 Å². The molecular weight excluding hydrogens is 266 g/mol. The molecule has 2 nitrogen and oxygen atoms in total. The zero-order valence-electron chi connectivity index (χ0n) is 9.82. The second-order valence-corrected chi connectivity index (χ2v) is 6.12. The molecule has 2 rings (SSSR count). The molecule has 0 bridgehead atoms. The number of nitrogens with zero attached hydrogens (tertiary/aromatic N) is 1. The van der Waals surface area contributed by atoms with Gasteiger partial charge in [0.15, 0.2) is 0 Å². The van der Waals surface area contributed by atoms with Crippen LogP contribution in [-0.2, 0) is 6.42 Å². The van der Waals surface area contributed by atoms with Gasteiger partial charge in [-0.15, -0.1) is 0 Å². The number of halogens is 1. The molecule has 16 heavy (non-hydrogen) atoms. The lowest BCUT2D eigenvalue weighted by Gasteiger charge is -2.21. The topological polar surface area (TPSA) is 12.5 Å². The summed E-state index contributed by atoms with van der Waals surface area (Å²) in [5, 5.41) is 0. The van der Waals surface area contributed by atoms with E-state index in [1.165, 1.54) is 5.56 Å². The first-order chi connectivity index (χ1) is 7.65. The minimum Gasteiger partial charge on any atom is -0.488 e. The van der Waals surface area contributed by atoms with Crippen LogP contribution in [0.3, 0.4) is 0 Å². The molecule has 0 N–H and O–H groups in total. The van der Waals surface area contributed by atoms with Gasteiger partial charge in [-0.25, -0.2) is 0 Å². The Hall–Kier alpha value is -0.540. The molecule has 1 aliphatic heterocycles. The second-order valence-electron chi connectivity index (χ2n) is 4.55. The Labute approximate surface area is 106 Å². The normalized spacial score (nSPS) is 20.6. The van der Waals surface area contributed by atoms with Crippen LogP contribution in [0.5, 0.6) is 5.75 Å². The van der Waals surface area contributed by atoms with Crippen LogP contribution in [0.1, 0.15) is 12.5 Å². The molecule has 1 aliphatic rings. The van der Waals surface area contributed by atoms with E-state index in [1.807, 2.05) is 6.07 Å². The summed E-state index contributed by atoms with van der Waals surface area (Å²) in [4.78, 5) is 2.84. The first kappa shape index (κ1) is 11.9. The molecule has 0 saturated heterocycles. The Morgan fingerprint density at radius 3 is 2.94 bits per heavy atom. The molecule has 0 aliphatic carbocycles. The van der Waals surface area contributed by atoms with Crippen LogP contribution >= 0.6 is 15.9 Å². The van der Waals surface area contributed by atoms with Crippen molar-refractivity contribution in [3.8, 4) is 5.75 Å². The predicted octanol–water partition coefficient (Wildman–Crippen LogP) is 2.71. The van der Waals surface area contributed by atoms with Crippen LogP contribution in [0, 0.1) is 0 Å². The zero-order chi connectivity index (χ0) is 11.5. The molecule has 0 spiro atoms. The molecule has 2 atom stereocenters. The van der Waals surface area contributed by atoms with E-state index < -0.39 is 0 Å². The quantitative estimate of drug-likeness (QED) is 0.788. The van der Waals surface area contributed by atoms with E-state index in [0.717, 1.165) is 25.3 Å². The number of alkyl halides is 1. The van der Waals surface area contributed by atoms with Crippen molar-refractivity contribution >= 4 is 15.9 Å². The Balaban J connectivity index is 1.87. The van der Waals surface area contributed by atoms with Crippen LogP contribution in [0.15, 0.2) is 24.3 Å².